The van der Waals surface area contributed by atoms with Gasteiger partial charge < -0.3 is 15.5 Å². The standard InChI is InChI=1S/C23H26ClN3O2/c1-14-3-4-17(9-15(14)2)12-25-19-11-21-22(28)26-20(23(29)27(21)13-19)10-16-5-7-18(24)8-6-16/h3-9,19-21,25H,10-13H2,1-2H3,(H,26,28)/t19-,20-,21-/m0/s1. The number of fused-ring (bicyclic) bond motifs is 1. The number of halogens is 1. The highest BCUT2D eigenvalue weighted by molar-refractivity contribution is 6.30. The van der Waals surface area contributed by atoms with Gasteiger partial charge in [-0.25, -0.2) is 0 Å². The van der Waals surface area contributed by atoms with Crippen molar-refractivity contribution in [2.24, 2.45) is 0 Å². The first-order chi connectivity index (χ1) is 13.9. The average molecular weight is 412 g/mol. The van der Waals surface area contributed by atoms with Crippen molar-refractivity contribution in [3.63, 3.8) is 0 Å². The predicted octanol–water partition coefficient (Wildman–Crippen LogP) is 2.76. The molecule has 0 spiro atoms. The summed E-state index contributed by atoms with van der Waals surface area (Å²) < 4.78 is 0. The number of nitrogens with one attached hydrogen (secondary N) is 2. The van der Waals surface area contributed by atoms with Crippen LogP contribution in [0, 0.1) is 13.8 Å². The van der Waals surface area contributed by atoms with Crippen LogP contribution in [0.3, 0.4) is 0 Å². The molecule has 0 aliphatic carbocycles. The minimum atomic E-state index is -0.515. The van der Waals surface area contributed by atoms with Crippen molar-refractivity contribution in [2.75, 3.05) is 6.54 Å². The molecule has 4 rings (SSSR count). The first kappa shape index (κ1) is 19.9. The van der Waals surface area contributed by atoms with Gasteiger partial charge in [0.15, 0.2) is 0 Å². The molecule has 0 bridgehead atoms. The molecule has 2 amide bonds. The number of aryl methyl sites for hydroxylation is 2. The zero-order chi connectivity index (χ0) is 20.5. The second kappa shape index (κ2) is 8.17. The van der Waals surface area contributed by atoms with Crippen molar-refractivity contribution in [2.45, 2.75) is 51.4 Å². The van der Waals surface area contributed by atoms with Gasteiger partial charge in [0, 0.05) is 30.6 Å². The summed E-state index contributed by atoms with van der Waals surface area (Å²) in [6.45, 7) is 5.51. The summed E-state index contributed by atoms with van der Waals surface area (Å²) in [6, 6.07) is 13.1. The van der Waals surface area contributed by atoms with Gasteiger partial charge in [-0.3, -0.25) is 9.59 Å². The molecule has 6 heteroatoms. The molecule has 2 saturated heterocycles. The van der Waals surface area contributed by atoms with Crippen LogP contribution in [0.25, 0.3) is 0 Å². The summed E-state index contributed by atoms with van der Waals surface area (Å²) in [6.07, 6.45) is 1.13. The lowest BCUT2D eigenvalue weighted by Gasteiger charge is -2.34. The second-order valence-corrected chi connectivity index (χ2v) is 8.57. The molecular formula is C23H26ClN3O2. The van der Waals surface area contributed by atoms with Crippen molar-refractivity contribution < 1.29 is 9.59 Å². The van der Waals surface area contributed by atoms with E-state index in [0.717, 1.165) is 12.1 Å². The Morgan fingerprint density at radius 2 is 1.79 bits per heavy atom. The molecule has 0 saturated carbocycles. The Bertz CT molecular complexity index is 928. The molecule has 2 N–H and O–H groups in total. The van der Waals surface area contributed by atoms with Gasteiger partial charge >= 0.3 is 0 Å². The van der Waals surface area contributed by atoms with Gasteiger partial charge in [0.2, 0.25) is 11.8 Å². The predicted molar refractivity (Wildman–Crippen MR) is 114 cm³/mol. The molecule has 2 aliphatic heterocycles. The van der Waals surface area contributed by atoms with Crippen LogP contribution in [-0.4, -0.2) is 41.4 Å². The molecule has 0 radical (unpaired) electrons. The summed E-state index contributed by atoms with van der Waals surface area (Å²) in [5, 5.41) is 7.10. The van der Waals surface area contributed by atoms with Crippen LogP contribution in [0.5, 0.6) is 0 Å². The van der Waals surface area contributed by atoms with E-state index in [-0.39, 0.29) is 23.9 Å². The Balaban J connectivity index is 1.38. The summed E-state index contributed by atoms with van der Waals surface area (Å²) in [7, 11) is 0. The molecule has 2 aromatic carbocycles. The van der Waals surface area contributed by atoms with Crippen LogP contribution < -0.4 is 10.6 Å². The van der Waals surface area contributed by atoms with E-state index in [2.05, 4.69) is 42.7 Å². The van der Waals surface area contributed by atoms with Crippen molar-refractivity contribution in [3.05, 3.63) is 69.7 Å². The highest BCUT2D eigenvalue weighted by atomic mass is 35.5. The Kier molecular flexibility index (Phi) is 5.61. The lowest BCUT2D eigenvalue weighted by molar-refractivity contribution is -0.147. The van der Waals surface area contributed by atoms with Crippen LogP contribution in [0.1, 0.15) is 28.7 Å². The number of hydrogen-bond acceptors (Lipinski definition) is 3. The molecule has 5 nitrogen and oxygen atoms in total. The molecule has 3 atom stereocenters. The Labute approximate surface area is 176 Å². The van der Waals surface area contributed by atoms with Gasteiger partial charge in [-0.2, -0.15) is 0 Å². The van der Waals surface area contributed by atoms with Gasteiger partial charge in [0.1, 0.15) is 12.1 Å². The topological polar surface area (TPSA) is 61.4 Å². The minimum absolute atomic E-state index is 0.0000281. The highest BCUT2D eigenvalue weighted by Gasteiger charge is 2.46. The number of nitrogens with zero attached hydrogens (tertiary/aromatic N) is 1. The third kappa shape index (κ3) is 4.31. The number of carbonyl (C=O) groups excluding carboxylic acids is 2. The molecule has 2 aromatic rings. The third-order valence-corrected chi connectivity index (χ3v) is 6.27. The lowest BCUT2D eigenvalue weighted by Crippen LogP contribution is -2.61. The number of benzene rings is 2. The third-order valence-electron chi connectivity index (χ3n) is 6.02. The van der Waals surface area contributed by atoms with Crippen LogP contribution in [-0.2, 0) is 22.6 Å². The van der Waals surface area contributed by atoms with Crippen molar-refractivity contribution >= 4 is 23.4 Å². The molecule has 2 fully saturated rings. The zero-order valence-electron chi connectivity index (χ0n) is 16.7. The fourth-order valence-corrected chi connectivity index (χ4v) is 4.30. The summed E-state index contributed by atoms with van der Waals surface area (Å²) in [5.41, 5.74) is 4.75. The molecule has 152 valence electrons. The summed E-state index contributed by atoms with van der Waals surface area (Å²) in [4.78, 5) is 27.4. The number of carbonyl (C=O) groups is 2. The monoisotopic (exact) mass is 411 g/mol. The van der Waals surface area contributed by atoms with E-state index < -0.39 is 6.04 Å². The van der Waals surface area contributed by atoms with Gasteiger partial charge in [-0.15, -0.1) is 0 Å². The molecule has 0 unspecified atom stereocenters. The van der Waals surface area contributed by atoms with E-state index in [4.69, 9.17) is 11.6 Å². The fourth-order valence-electron chi connectivity index (χ4n) is 4.18. The van der Waals surface area contributed by atoms with Gasteiger partial charge in [-0.1, -0.05) is 41.9 Å². The average Bonchev–Trinajstić information content (AvgIpc) is 3.14. The summed E-state index contributed by atoms with van der Waals surface area (Å²) in [5.74, 6) is -0.0564. The maximum absolute atomic E-state index is 13.0. The van der Waals surface area contributed by atoms with Gasteiger partial charge in [0.05, 0.1) is 0 Å². The van der Waals surface area contributed by atoms with Crippen LogP contribution in [0.2, 0.25) is 5.02 Å². The minimum Gasteiger partial charge on any atom is -0.342 e. The number of piperazine rings is 1. The highest BCUT2D eigenvalue weighted by Crippen LogP contribution is 2.24. The molecule has 2 heterocycles. The Morgan fingerprint density at radius 3 is 2.52 bits per heavy atom. The van der Waals surface area contributed by atoms with Gasteiger partial charge in [-0.05, 0) is 54.7 Å². The van der Waals surface area contributed by atoms with E-state index in [0.29, 0.717) is 24.4 Å². The second-order valence-electron chi connectivity index (χ2n) is 8.13. The number of hydrogen-bond donors (Lipinski definition) is 2. The van der Waals surface area contributed by atoms with Crippen LogP contribution in [0.15, 0.2) is 42.5 Å². The molecule has 0 aromatic heterocycles. The van der Waals surface area contributed by atoms with E-state index >= 15 is 0 Å². The number of rotatable bonds is 5. The smallest absolute Gasteiger partial charge is 0.246 e. The SMILES string of the molecule is Cc1ccc(CN[C@H]2C[C@H]3C(=O)N[C@@H](Cc4ccc(Cl)cc4)C(=O)N3C2)cc1C. The largest absolute Gasteiger partial charge is 0.342 e. The zero-order valence-corrected chi connectivity index (χ0v) is 17.5. The first-order valence-electron chi connectivity index (χ1n) is 10.1. The normalized spacial score (nSPS) is 23.8. The first-order valence-corrected chi connectivity index (χ1v) is 10.4. The molecular weight excluding hydrogens is 386 g/mol. The quantitative estimate of drug-likeness (QED) is 0.795. The maximum atomic E-state index is 13.0. The van der Waals surface area contributed by atoms with Gasteiger partial charge in [0.25, 0.3) is 0 Å². The Hall–Kier alpha value is -2.37. The molecule has 2 aliphatic rings. The fraction of sp³-hybridized carbons (Fsp3) is 0.391. The van der Waals surface area contributed by atoms with Crippen LogP contribution >= 0.6 is 11.6 Å². The van der Waals surface area contributed by atoms with Crippen molar-refractivity contribution in [1.29, 1.82) is 0 Å². The lowest BCUT2D eigenvalue weighted by atomic mass is 10.0. The van der Waals surface area contributed by atoms with E-state index in [1.807, 2.05) is 12.1 Å². The maximum Gasteiger partial charge on any atom is 0.246 e. The number of amides is 2. The van der Waals surface area contributed by atoms with Crippen molar-refractivity contribution in [3.8, 4) is 0 Å². The van der Waals surface area contributed by atoms with Crippen molar-refractivity contribution in [1.82, 2.24) is 15.5 Å². The van der Waals surface area contributed by atoms with E-state index in [1.54, 1.807) is 17.0 Å². The van der Waals surface area contributed by atoms with Crippen LogP contribution in [0.4, 0.5) is 0 Å². The Morgan fingerprint density at radius 1 is 1.07 bits per heavy atom. The molecule has 29 heavy (non-hydrogen) atoms. The van der Waals surface area contributed by atoms with E-state index in [9.17, 15) is 9.59 Å². The summed E-state index contributed by atoms with van der Waals surface area (Å²) >= 11 is 5.93. The van der Waals surface area contributed by atoms with E-state index in [1.165, 1.54) is 16.7 Å².